The highest BCUT2D eigenvalue weighted by Crippen LogP contribution is 2.24. The minimum Gasteiger partial charge on any atom is -0.446 e. The Morgan fingerprint density at radius 3 is 2.47 bits per heavy atom. The van der Waals surface area contributed by atoms with E-state index in [1.807, 2.05) is 45.2 Å². The van der Waals surface area contributed by atoms with Crippen LogP contribution in [0.25, 0.3) is 0 Å². The fraction of sp³-hybridized carbons (Fsp3) is 0.545. The average molecular weight is 227 g/mol. The number of carbonyl (C=O) groups excluding carboxylic acids is 1. The zero-order chi connectivity index (χ0) is 11.4. The van der Waals surface area contributed by atoms with Gasteiger partial charge in [0.15, 0.2) is 0 Å². The number of rotatable bonds is 3. The van der Waals surface area contributed by atoms with Gasteiger partial charge in [0.25, 0.3) is 0 Å². The van der Waals surface area contributed by atoms with Crippen LogP contribution in [0.4, 0.5) is 9.80 Å². The number of hydrogen-bond acceptors (Lipinski definition) is 3. The SMILES string of the molecule is CC(C)OC(=O)N(c1cccs1)C(C)C. The predicted octanol–water partition coefficient (Wildman–Crippen LogP) is 3.51. The first kappa shape index (κ1) is 12.0. The van der Waals surface area contributed by atoms with E-state index in [1.165, 1.54) is 11.3 Å². The van der Waals surface area contributed by atoms with Gasteiger partial charge in [0.1, 0.15) is 5.00 Å². The average Bonchev–Trinajstić information content (AvgIpc) is 2.54. The van der Waals surface area contributed by atoms with Crippen LogP contribution in [-0.2, 0) is 4.74 Å². The molecular weight excluding hydrogens is 210 g/mol. The van der Waals surface area contributed by atoms with Crippen molar-refractivity contribution in [2.24, 2.45) is 0 Å². The van der Waals surface area contributed by atoms with Gasteiger partial charge in [-0.3, -0.25) is 4.90 Å². The zero-order valence-electron chi connectivity index (χ0n) is 9.56. The summed E-state index contributed by atoms with van der Waals surface area (Å²) in [5.41, 5.74) is 0. The molecule has 0 aliphatic carbocycles. The Morgan fingerprint density at radius 1 is 1.40 bits per heavy atom. The number of hydrogen-bond donors (Lipinski definition) is 0. The Balaban J connectivity index is 2.80. The second-order valence-corrected chi connectivity index (χ2v) is 4.77. The van der Waals surface area contributed by atoms with Gasteiger partial charge in [-0.2, -0.15) is 0 Å². The van der Waals surface area contributed by atoms with Crippen molar-refractivity contribution in [3.8, 4) is 0 Å². The highest BCUT2D eigenvalue weighted by molar-refractivity contribution is 7.14. The van der Waals surface area contributed by atoms with Gasteiger partial charge in [-0.15, -0.1) is 11.3 Å². The van der Waals surface area contributed by atoms with Gasteiger partial charge in [0.05, 0.1) is 6.10 Å². The molecule has 0 aromatic carbocycles. The Labute approximate surface area is 94.7 Å². The lowest BCUT2D eigenvalue weighted by molar-refractivity contribution is 0.121. The number of thiophene rings is 1. The zero-order valence-corrected chi connectivity index (χ0v) is 10.4. The first-order valence-electron chi connectivity index (χ1n) is 5.05. The monoisotopic (exact) mass is 227 g/mol. The maximum absolute atomic E-state index is 11.8. The van der Waals surface area contributed by atoms with Gasteiger partial charge < -0.3 is 4.74 Å². The van der Waals surface area contributed by atoms with Crippen molar-refractivity contribution < 1.29 is 9.53 Å². The van der Waals surface area contributed by atoms with Crippen LogP contribution in [0.2, 0.25) is 0 Å². The molecule has 0 N–H and O–H groups in total. The smallest absolute Gasteiger partial charge is 0.415 e. The fourth-order valence-corrected chi connectivity index (χ4v) is 2.07. The molecule has 0 saturated heterocycles. The molecule has 1 aromatic rings. The molecule has 3 nitrogen and oxygen atoms in total. The Bertz CT molecular complexity index is 306. The maximum Gasteiger partial charge on any atom is 0.415 e. The molecule has 1 rings (SSSR count). The first-order valence-corrected chi connectivity index (χ1v) is 5.93. The highest BCUT2D eigenvalue weighted by Gasteiger charge is 2.21. The van der Waals surface area contributed by atoms with Crippen molar-refractivity contribution in [1.82, 2.24) is 0 Å². The van der Waals surface area contributed by atoms with Gasteiger partial charge in [-0.1, -0.05) is 0 Å². The van der Waals surface area contributed by atoms with Gasteiger partial charge in [0.2, 0.25) is 0 Å². The van der Waals surface area contributed by atoms with Crippen molar-refractivity contribution >= 4 is 22.4 Å². The van der Waals surface area contributed by atoms with E-state index < -0.39 is 0 Å². The lowest BCUT2D eigenvalue weighted by Crippen LogP contribution is -2.38. The summed E-state index contributed by atoms with van der Waals surface area (Å²) >= 11 is 1.54. The molecule has 15 heavy (non-hydrogen) atoms. The van der Waals surface area contributed by atoms with Crippen LogP contribution in [0.3, 0.4) is 0 Å². The molecule has 1 aromatic heterocycles. The van der Waals surface area contributed by atoms with Crippen LogP contribution in [0.5, 0.6) is 0 Å². The summed E-state index contributed by atoms with van der Waals surface area (Å²) in [6.45, 7) is 7.65. The molecule has 0 bridgehead atoms. The van der Waals surface area contributed by atoms with E-state index >= 15 is 0 Å². The third kappa shape index (κ3) is 3.23. The van der Waals surface area contributed by atoms with Gasteiger partial charge >= 0.3 is 6.09 Å². The summed E-state index contributed by atoms with van der Waals surface area (Å²) in [5.74, 6) is 0. The van der Waals surface area contributed by atoms with E-state index in [9.17, 15) is 4.79 Å². The van der Waals surface area contributed by atoms with Crippen LogP contribution in [0, 0.1) is 0 Å². The highest BCUT2D eigenvalue weighted by atomic mass is 32.1. The van der Waals surface area contributed by atoms with E-state index in [0.29, 0.717) is 0 Å². The minimum absolute atomic E-state index is 0.0845. The van der Waals surface area contributed by atoms with E-state index in [4.69, 9.17) is 4.74 Å². The maximum atomic E-state index is 11.8. The quantitative estimate of drug-likeness (QED) is 0.790. The Kier molecular flexibility index (Phi) is 4.15. The number of anilines is 1. The van der Waals surface area contributed by atoms with Crippen LogP contribution >= 0.6 is 11.3 Å². The molecule has 4 heteroatoms. The largest absolute Gasteiger partial charge is 0.446 e. The topological polar surface area (TPSA) is 29.5 Å². The normalized spacial score (nSPS) is 10.8. The van der Waals surface area contributed by atoms with E-state index in [1.54, 1.807) is 4.90 Å². The summed E-state index contributed by atoms with van der Waals surface area (Å²) in [5, 5.41) is 2.88. The van der Waals surface area contributed by atoms with Crippen molar-refractivity contribution in [3.05, 3.63) is 17.5 Å². The molecule has 0 spiro atoms. The molecule has 0 atom stereocenters. The minimum atomic E-state index is -0.276. The fourth-order valence-electron chi connectivity index (χ4n) is 1.22. The molecule has 0 unspecified atom stereocenters. The van der Waals surface area contributed by atoms with E-state index in [2.05, 4.69) is 0 Å². The lowest BCUT2D eigenvalue weighted by Gasteiger charge is -2.25. The van der Waals surface area contributed by atoms with Crippen molar-refractivity contribution in [2.45, 2.75) is 39.8 Å². The summed E-state index contributed by atoms with van der Waals surface area (Å²) in [7, 11) is 0. The molecular formula is C11H17NO2S. The Hall–Kier alpha value is -1.03. The van der Waals surface area contributed by atoms with Gasteiger partial charge in [0, 0.05) is 6.04 Å². The number of ether oxygens (including phenoxy) is 1. The van der Waals surface area contributed by atoms with Crippen LogP contribution < -0.4 is 4.90 Å². The molecule has 0 aliphatic heterocycles. The van der Waals surface area contributed by atoms with Gasteiger partial charge in [-0.25, -0.2) is 4.79 Å². The molecule has 1 heterocycles. The van der Waals surface area contributed by atoms with Crippen LogP contribution in [0.15, 0.2) is 17.5 Å². The summed E-state index contributed by atoms with van der Waals surface area (Å²) < 4.78 is 5.19. The standard InChI is InChI=1S/C11H17NO2S/c1-8(2)12(10-6-5-7-15-10)11(13)14-9(3)4/h5-9H,1-4H3. The number of nitrogens with zero attached hydrogens (tertiary/aromatic N) is 1. The van der Waals surface area contributed by atoms with Crippen LogP contribution in [0.1, 0.15) is 27.7 Å². The first-order chi connectivity index (χ1) is 7.02. The van der Waals surface area contributed by atoms with Crippen molar-refractivity contribution in [3.63, 3.8) is 0 Å². The Morgan fingerprint density at radius 2 is 2.07 bits per heavy atom. The molecule has 0 fully saturated rings. The molecule has 84 valence electrons. The number of amides is 1. The molecule has 0 saturated carbocycles. The van der Waals surface area contributed by atoms with Crippen molar-refractivity contribution in [2.75, 3.05) is 4.90 Å². The van der Waals surface area contributed by atoms with E-state index in [0.717, 1.165) is 5.00 Å². The van der Waals surface area contributed by atoms with E-state index in [-0.39, 0.29) is 18.2 Å². The predicted molar refractivity (Wildman–Crippen MR) is 63.6 cm³/mol. The van der Waals surface area contributed by atoms with Crippen LogP contribution in [-0.4, -0.2) is 18.2 Å². The van der Waals surface area contributed by atoms with Crippen molar-refractivity contribution in [1.29, 1.82) is 0 Å². The molecule has 0 aliphatic rings. The second-order valence-electron chi connectivity index (χ2n) is 3.85. The van der Waals surface area contributed by atoms with Gasteiger partial charge in [-0.05, 0) is 45.2 Å². The number of carbonyl (C=O) groups is 1. The summed E-state index contributed by atoms with van der Waals surface area (Å²) in [4.78, 5) is 13.5. The lowest BCUT2D eigenvalue weighted by atomic mass is 10.3. The molecule has 0 radical (unpaired) electrons. The third-order valence-corrected chi connectivity index (χ3v) is 2.66. The summed E-state index contributed by atoms with van der Waals surface area (Å²) in [6.07, 6.45) is -0.360. The second kappa shape index (κ2) is 5.16. The third-order valence-electron chi connectivity index (χ3n) is 1.79. The summed E-state index contributed by atoms with van der Waals surface area (Å²) in [6, 6.07) is 3.96. The molecule has 1 amide bonds.